The highest BCUT2D eigenvalue weighted by Crippen LogP contribution is 2.40. The molecule has 0 atom stereocenters. The van der Waals surface area contributed by atoms with E-state index in [2.05, 4.69) is 15.9 Å². The Labute approximate surface area is 75.0 Å². The zero-order chi connectivity index (χ0) is 9.35. The van der Waals surface area contributed by atoms with Crippen LogP contribution in [0.25, 0.3) is 0 Å². The van der Waals surface area contributed by atoms with Crippen molar-refractivity contribution in [1.82, 2.24) is 0 Å². The average molecular weight is 241 g/mol. The van der Waals surface area contributed by atoms with E-state index in [-0.39, 0.29) is 4.47 Å². The van der Waals surface area contributed by atoms with Crippen molar-refractivity contribution in [1.29, 1.82) is 0 Å². The van der Waals surface area contributed by atoms with Crippen LogP contribution >= 0.6 is 15.9 Å². The molecule has 0 amide bonds. The van der Waals surface area contributed by atoms with Gasteiger partial charge in [0, 0.05) is 4.47 Å². The summed E-state index contributed by atoms with van der Waals surface area (Å²) in [4.78, 5) is 0. The van der Waals surface area contributed by atoms with Crippen molar-refractivity contribution in [2.24, 2.45) is 0 Å². The fraction of sp³-hybridized carbons (Fsp3) is 0.143. The van der Waals surface area contributed by atoms with Crippen LogP contribution in [0, 0.1) is 0 Å². The van der Waals surface area contributed by atoms with Crippen LogP contribution in [0.15, 0.2) is 22.7 Å². The number of hydrogen-bond acceptors (Lipinski definition) is 1. The number of benzene rings is 1. The summed E-state index contributed by atoms with van der Waals surface area (Å²) in [7, 11) is 0. The predicted molar refractivity (Wildman–Crippen MR) is 40.8 cm³/mol. The van der Waals surface area contributed by atoms with Crippen molar-refractivity contribution in [3.8, 4) is 5.75 Å². The van der Waals surface area contributed by atoms with Gasteiger partial charge in [-0.05, 0) is 12.1 Å². The molecule has 0 aliphatic carbocycles. The van der Waals surface area contributed by atoms with E-state index in [1.807, 2.05) is 0 Å². The Morgan fingerprint density at radius 1 is 1.25 bits per heavy atom. The van der Waals surface area contributed by atoms with E-state index in [0.717, 1.165) is 6.07 Å². The Hall–Kier alpha value is -0.710. The normalized spacial score (nSPS) is 11.7. The van der Waals surface area contributed by atoms with Gasteiger partial charge in [-0.15, -0.1) is 0 Å². The Kier molecular flexibility index (Phi) is 2.32. The second-order valence-electron chi connectivity index (χ2n) is 2.13. The highest BCUT2D eigenvalue weighted by Gasteiger charge is 2.35. The summed E-state index contributed by atoms with van der Waals surface area (Å²) in [6.45, 7) is 0. The van der Waals surface area contributed by atoms with Crippen LogP contribution in [0.4, 0.5) is 13.2 Å². The molecule has 1 nitrogen and oxygen atoms in total. The quantitative estimate of drug-likeness (QED) is 0.739. The SMILES string of the molecule is Oc1cccc(Br)c1C(F)(F)F. The van der Waals surface area contributed by atoms with Gasteiger partial charge in [0.05, 0.1) is 0 Å². The van der Waals surface area contributed by atoms with Crippen molar-refractivity contribution in [2.45, 2.75) is 6.18 Å². The maximum Gasteiger partial charge on any atom is 0.421 e. The fourth-order valence-corrected chi connectivity index (χ4v) is 1.37. The molecule has 0 fully saturated rings. The monoisotopic (exact) mass is 240 g/mol. The van der Waals surface area contributed by atoms with E-state index in [1.165, 1.54) is 12.1 Å². The molecule has 5 heteroatoms. The van der Waals surface area contributed by atoms with Crippen molar-refractivity contribution in [3.63, 3.8) is 0 Å². The van der Waals surface area contributed by atoms with E-state index < -0.39 is 17.5 Å². The highest BCUT2D eigenvalue weighted by molar-refractivity contribution is 9.10. The molecule has 0 aliphatic rings. The topological polar surface area (TPSA) is 20.2 Å². The van der Waals surface area contributed by atoms with Gasteiger partial charge in [0.15, 0.2) is 0 Å². The molecule has 1 aromatic carbocycles. The van der Waals surface area contributed by atoms with Crippen molar-refractivity contribution in [3.05, 3.63) is 28.2 Å². The van der Waals surface area contributed by atoms with Crippen molar-refractivity contribution >= 4 is 15.9 Å². The third kappa shape index (κ3) is 1.72. The standard InChI is InChI=1S/C7H4BrF3O/c8-4-2-1-3-5(12)6(4)7(9,10)11/h1-3,12H. The summed E-state index contributed by atoms with van der Waals surface area (Å²) >= 11 is 2.70. The lowest BCUT2D eigenvalue weighted by atomic mass is 10.2. The van der Waals surface area contributed by atoms with Gasteiger partial charge in [-0.1, -0.05) is 22.0 Å². The Balaban J connectivity index is 3.31. The summed E-state index contributed by atoms with van der Waals surface area (Å²) in [6, 6.07) is 3.55. The van der Waals surface area contributed by atoms with Gasteiger partial charge in [-0.25, -0.2) is 0 Å². The lowest BCUT2D eigenvalue weighted by Crippen LogP contribution is -2.06. The maximum absolute atomic E-state index is 12.1. The van der Waals surface area contributed by atoms with Crippen LogP contribution in [-0.2, 0) is 6.18 Å². The summed E-state index contributed by atoms with van der Waals surface area (Å²) in [6.07, 6.45) is -4.52. The lowest BCUT2D eigenvalue weighted by molar-refractivity contribution is -0.139. The van der Waals surface area contributed by atoms with Gasteiger partial charge in [-0.2, -0.15) is 13.2 Å². The van der Waals surface area contributed by atoms with Gasteiger partial charge in [0.1, 0.15) is 11.3 Å². The van der Waals surface area contributed by atoms with Gasteiger partial charge >= 0.3 is 6.18 Å². The molecule has 66 valence electrons. The summed E-state index contributed by atoms with van der Waals surface area (Å²) < 4.78 is 36.2. The Morgan fingerprint density at radius 2 is 1.83 bits per heavy atom. The Morgan fingerprint density at radius 3 is 2.17 bits per heavy atom. The second kappa shape index (κ2) is 2.97. The molecule has 0 aromatic heterocycles. The van der Waals surface area contributed by atoms with Crippen LogP contribution < -0.4 is 0 Å². The maximum atomic E-state index is 12.1. The lowest BCUT2D eigenvalue weighted by Gasteiger charge is -2.09. The van der Waals surface area contributed by atoms with E-state index in [1.54, 1.807) is 0 Å². The molecule has 0 radical (unpaired) electrons. The zero-order valence-electron chi connectivity index (χ0n) is 5.69. The van der Waals surface area contributed by atoms with Crippen LogP contribution in [0.5, 0.6) is 5.75 Å². The predicted octanol–water partition coefficient (Wildman–Crippen LogP) is 3.17. The average Bonchev–Trinajstić information content (AvgIpc) is 1.82. The molecular weight excluding hydrogens is 237 g/mol. The molecule has 1 rings (SSSR count). The number of phenolic OH excluding ortho intramolecular Hbond substituents is 1. The number of alkyl halides is 3. The van der Waals surface area contributed by atoms with Gasteiger partial charge < -0.3 is 5.11 Å². The largest absolute Gasteiger partial charge is 0.507 e. The molecule has 0 saturated carbocycles. The Bertz CT molecular complexity index is 275. The number of rotatable bonds is 0. The minimum atomic E-state index is -4.52. The first-order valence-corrected chi connectivity index (χ1v) is 3.77. The van der Waals surface area contributed by atoms with E-state index in [9.17, 15) is 13.2 Å². The molecule has 1 aromatic rings. The van der Waals surface area contributed by atoms with Crippen LogP contribution in [-0.4, -0.2) is 5.11 Å². The van der Waals surface area contributed by atoms with Crippen LogP contribution in [0.2, 0.25) is 0 Å². The molecule has 0 heterocycles. The van der Waals surface area contributed by atoms with Gasteiger partial charge in [-0.3, -0.25) is 0 Å². The fourth-order valence-electron chi connectivity index (χ4n) is 0.793. The summed E-state index contributed by atoms with van der Waals surface area (Å²) in [5, 5.41) is 8.88. The third-order valence-electron chi connectivity index (χ3n) is 1.28. The molecule has 0 bridgehead atoms. The van der Waals surface area contributed by atoms with Gasteiger partial charge in [0.2, 0.25) is 0 Å². The molecule has 0 spiro atoms. The zero-order valence-corrected chi connectivity index (χ0v) is 7.28. The van der Waals surface area contributed by atoms with E-state index >= 15 is 0 Å². The third-order valence-corrected chi connectivity index (χ3v) is 1.94. The molecule has 0 unspecified atom stereocenters. The van der Waals surface area contributed by atoms with E-state index in [4.69, 9.17) is 5.11 Å². The first-order valence-electron chi connectivity index (χ1n) is 2.97. The molecule has 0 aliphatic heterocycles. The molecule has 1 N–H and O–H groups in total. The van der Waals surface area contributed by atoms with Gasteiger partial charge in [0.25, 0.3) is 0 Å². The first kappa shape index (κ1) is 9.38. The van der Waals surface area contributed by atoms with E-state index in [0.29, 0.717) is 0 Å². The number of phenols is 1. The summed E-state index contributed by atoms with van der Waals surface area (Å²) in [5.74, 6) is -0.767. The van der Waals surface area contributed by atoms with Crippen molar-refractivity contribution < 1.29 is 18.3 Å². The molecular formula is C7H4BrF3O. The minimum absolute atomic E-state index is 0.157. The number of hydrogen-bond donors (Lipinski definition) is 1. The molecule has 0 saturated heterocycles. The van der Waals surface area contributed by atoms with Crippen LogP contribution in [0.1, 0.15) is 5.56 Å². The van der Waals surface area contributed by atoms with Crippen LogP contribution in [0.3, 0.4) is 0 Å². The highest BCUT2D eigenvalue weighted by atomic mass is 79.9. The summed E-state index contributed by atoms with van der Waals surface area (Å²) in [5.41, 5.74) is -1.04. The first-order chi connectivity index (χ1) is 5.43. The van der Waals surface area contributed by atoms with Crippen molar-refractivity contribution in [2.75, 3.05) is 0 Å². The number of aromatic hydroxyl groups is 1. The smallest absolute Gasteiger partial charge is 0.421 e. The minimum Gasteiger partial charge on any atom is -0.507 e. The number of halogens is 4. The second-order valence-corrected chi connectivity index (χ2v) is 2.99. The molecule has 12 heavy (non-hydrogen) atoms.